The molecule has 2 N–H and O–H groups in total. The van der Waals surface area contributed by atoms with Gasteiger partial charge < -0.3 is 19.7 Å². The van der Waals surface area contributed by atoms with Crippen molar-refractivity contribution in [3.8, 4) is 11.5 Å². The molecule has 44 heavy (non-hydrogen) atoms. The van der Waals surface area contributed by atoms with Gasteiger partial charge in [0.25, 0.3) is 0 Å². The van der Waals surface area contributed by atoms with E-state index < -0.39 is 17.4 Å². The van der Waals surface area contributed by atoms with Gasteiger partial charge in [-0.3, -0.25) is 9.59 Å². The Balaban J connectivity index is 2.57. The second kappa shape index (κ2) is 20.8. The van der Waals surface area contributed by atoms with Crippen LogP contribution in [0.1, 0.15) is 146 Å². The van der Waals surface area contributed by atoms with Gasteiger partial charge in [-0.05, 0) is 61.8 Å². The van der Waals surface area contributed by atoms with Crippen LogP contribution in [-0.2, 0) is 27.8 Å². The third-order valence-electron chi connectivity index (χ3n) is 8.65. The highest BCUT2D eigenvalue weighted by molar-refractivity contribution is 5.88. The first kappa shape index (κ1) is 37.2. The lowest BCUT2D eigenvalue weighted by molar-refractivity contribution is -0.142. The smallest absolute Gasteiger partial charge is 0.318 e. The summed E-state index contributed by atoms with van der Waals surface area (Å²) in [6.07, 6.45) is 14.7. The van der Waals surface area contributed by atoms with Crippen molar-refractivity contribution in [2.45, 2.75) is 142 Å². The SMILES string of the molecule is CCCCCCOc1cc(CC)ccc1C(CCCCCCCC(=O)O)(C(=O)O)c1ccc(CC)cc1OCCCCCC. The van der Waals surface area contributed by atoms with Crippen molar-refractivity contribution in [1.82, 2.24) is 0 Å². The number of hydrogen-bond acceptors (Lipinski definition) is 4. The molecule has 0 saturated heterocycles. The molecule has 0 unspecified atom stereocenters. The molecule has 0 amide bonds. The van der Waals surface area contributed by atoms with Gasteiger partial charge in [-0.25, -0.2) is 0 Å². The Morgan fingerprint density at radius 2 is 1.07 bits per heavy atom. The monoisotopic (exact) mass is 610 g/mol. The van der Waals surface area contributed by atoms with Crippen LogP contribution in [0.25, 0.3) is 0 Å². The summed E-state index contributed by atoms with van der Waals surface area (Å²) in [4.78, 5) is 24.7. The Morgan fingerprint density at radius 3 is 1.50 bits per heavy atom. The van der Waals surface area contributed by atoms with Crippen LogP contribution < -0.4 is 9.47 Å². The molecule has 2 rings (SSSR count). The van der Waals surface area contributed by atoms with E-state index in [9.17, 15) is 14.7 Å². The molecule has 2 aromatic rings. The van der Waals surface area contributed by atoms with Crippen LogP contribution in [0.3, 0.4) is 0 Å². The van der Waals surface area contributed by atoms with Crippen LogP contribution in [0.15, 0.2) is 36.4 Å². The van der Waals surface area contributed by atoms with Crippen molar-refractivity contribution in [1.29, 1.82) is 0 Å². The third-order valence-corrected chi connectivity index (χ3v) is 8.65. The van der Waals surface area contributed by atoms with Gasteiger partial charge in [-0.1, -0.05) is 116 Å². The van der Waals surface area contributed by atoms with Gasteiger partial charge in [0.05, 0.1) is 13.2 Å². The summed E-state index contributed by atoms with van der Waals surface area (Å²) < 4.78 is 12.9. The largest absolute Gasteiger partial charge is 0.493 e. The molecule has 0 aliphatic carbocycles. The lowest BCUT2D eigenvalue weighted by Gasteiger charge is -2.34. The molecule has 0 aliphatic heterocycles. The van der Waals surface area contributed by atoms with Gasteiger partial charge in [0.2, 0.25) is 0 Å². The van der Waals surface area contributed by atoms with Crippen LogP contribution in [0, 0.1) is 0 Å². The van der Waals surface area contributed by atoms with Gasteiger partial charge in [-0.15, -0.1) is 0 Å². The van der Waals surface area contributed by atoms with Crippen molar-refractivity contribution in [2.24, 2.45) is 0 Å². The maximum absolute atomic E-state index is 13.7. The van der Waals surface area contributed by atoms with E-state index in [4.69, 9.17) is 14.6 Å². The minimum Gasteiger partial charge on any atom is -0.493 e. The van der Waals surface area contributed by atoms with Crippen molar-refractivity contribution >= 4 is 11.9 Å². The summed E-state index contributed by atoms with van der Waals surface area (Å²) in [6, 6.07) is 12.1. The molecule has 246 valence electrons. The predicted molar refractivity (Wildman–Crippen MR) is 179 cm³/mol. The Morgan fingerprint density at radius 1 is 0.614 bits per heavy atom. The Kier molecular flexibility index (Phi) is 17.6. The fourth-order valence-corrected chi connectivity index (χ4v) is 5.89. The van der Waals surface area contributed by atoms with Crippen molar-refractivity contribution in [3.63, 3.8) is 0 Å². The third kappa shape index (κ3) is 11.5. The highest BCUT2D eigenvalue weighted by Gasteiger charge is 2.46. The highest BCUT2D eigenvalue weighted by atomic mass is 16.5. The Hall–Kier alpha value is -3.02. The summed E-state index contributed by atoms with van der Waals surface area (Å²) in [5.41, 5.74) is 2.25. The van der Waals surface area contributed by atoms with E-state index in [1.54, 1.807) is 0 Å². The zero-order valence-electron chi connectivity index (χ0n) is 27.9. The lowest BCUT2D eigenvalue weighted by atomic mass is 9.69. The van der Waals surface area contributed by atoms with Gasteiger partial charge in [0, 0.05) is 17.5 Å². The molecule has 0 radical (unpaired) electrons. The standard InChI is InChI=1S/C38H58O6/c1-5-9-11-18-26-43-34-28-30(7-3)21-23-32(34)38(37(41)42,25-17-15-13-14-16-20-36(39)40)33-24-22-31(8-4)29-35(33)44-27-19-12-10-6-2/h21-24,28-29H,5-20,25-27H2,1-4H3,(H,39,40)(H,41,42). The Bertz CT molecular complexity index is 1060. The van der Waals surface area contributed by atoms with Crippen LogP contribution in [0.2, 0.25) is 0 Å². The molecule has 0 fully saturated rings. The zero-order chi connectivity index (χ0) is 32.2. The van der Waals surface area contributed by atoms with E-state index in [-0.39, 0.29) is 6.42 Å². The predicted octanol–water partition coefficient (Wildman–Crippen LogP) is 9.92. The molecule has 0 atom stereocenters. The summed E-state index contributed by atoms with van der Waals surface area (Å²) in [5, 5.41) is 20.2. The van der Waals surface area contributed by atoms with Gasteiger partial charge in [0.15, 0.2) is 0 Å². The van der Waals surface area contributed by atoms with Gasteiger partial charge >= 0.3 is 11.9 Å². The minimum absolute atomic E-state index is 0.171. The second-order valence-corrected chi connectivity index (χ2v) is 12.1. The van der Waals surface area contributed by atoms with E-state index in [0.717, 1.165) is 94.6 Å². The van der Waals surface area contributed by atoms with Crippen LogP contribution in [-0.4, -0.2) is 35.4 Å². The van der Waals surface area contributed by atoms with E-state index in [2.05, 4.69) is 27.7 Å². The first-order chi connectivity index (χ1) is 21.3. The summed E-state index contributed by atoms with van der Waals surface area (Å²) in [7, 11) is 0. The lowest BCUT2D eigenvalue weighted by Crippen LogP contribution is -2.38. The molecule has 0 spiro atoms. The second-order valence-electron chi connectivity index (χ2n) is 12.1. The van der Waals surface area contributed by atoms with Crippen LogP contribution in [0.5, 0.6) is 11.5 Å². The van der Waals surface area contributed by atoms with E-state index in [1.165, 1.54) is 0 Å². The van der Waals surface area contributed by atoms with Gasteiger partial charge in [0.1, 0.15) is 16.9 Å². The van der Waals surface area contributed by atoms with E-state index in [1.807, 2.05) is 36.4 Å². The van der Waals surface area contributed by atoms with Crippen molar-refractivity contribution in [3.05, 3.63) is 58.7 Å². The zero-order valence-corrected chi connectivity index (χ0v) is 27.9. The van der Waals surface area contributed by atoms with Crippen molar-refractivity contribution < 1.29 is 29.3 Å². The molecular weight excluding hydrogens is 552 g/mol. The number of hydrogen-bond donors (Lipinski definition) is 2. The fourth-order valence-electron chi connectivity index (χ4n) is 5.89. The highest BCUT2D eigenvalue weighted by Crippen LogP contribution is 2.46. The van der Waals surface area contributed by atoms with Crippen LogP contribution in [0.4, 0.5) is 0 Å². The summed E-state index contributed by atoms with van der Waals surface area (Å²) in [5.74, 6) is -0.370. The molecule has 0 aromatic heterocycles. The number of carboxylic acids is 2. The van der Waals surface area contributed by atoms with Crippen molar-refractivity contribution in [2.75, 3.05) is 13.2 Å². The molecule has 0 aliphatic rings. The summed E-state index contributed by atoms with van der Waals surface area (Å²) in [6.45, 7) is 9.67. The van der Waals surface area contributed by atoms with E-state index in [0.29, 0.717) is 55.1 Å². The Labute approximate surface area is 266 Å². The normalized spacial score (nSPS) is 11.5. The number of aliphatic carboxylic acids is 2. The van der Waals surface area contributed by atoms with Gasteiger partial charge in [-0.2, -0.15) is 0 Å². The quantitative estimate of drug-likeness (QED) is 0.109. The molecule has 0 saturated carbocycles. The maximum Gasteiger partial charge on any atom is 0.318 e. The number of carbonyl (C=O) groups is 2. The number of rotatable bonds is 25. The number of ether oxygens (including phenoxy) is 2. The average molecular weight is 611 g/mol. The fraction of sp³-hybridized carbons (Fsp3) is 0.632. The number of benzene rings is 2. The molecule has 6 nitrogen and oxygen atoms in total. The molecule has 6 heteroatoms. The maximum atomic E-state index is 13.7. The average Bonchev–Trinajstić information content (AvgIpc) is 3.02. The first-order valence-corrected chi connectivity index (χ1v) is 17.3. The molecule has 0 bridgehead atoms. The molecular formula is C38H58O6. The van der Waals surface area contributed by atoms with E-state index >= 15 is 0 Å². The van der Waals surface area contributed by atoms with Crippen LogP contribution >= 0.6 is 0 Å². The molecule has 2 aromatic carbocycles. The topological polar surface area (TPSA) is 93.1 Å². The summed E-state index contributed by atoms with van der Waals surface area (Å²) >= 11 is 0. The minimum atomic E-state index is -1.35. The number of carboxylic acid groups (broad SMARTS) is 2. The number of aryl methyl sites for hydroxylation is 2. The first-order valence-electron chi connectivity index (χ1n) is 17.3. The molecule has 0 heterocycles. The number of unbranched alkanes of at least 4 members (excludes halogenated alkanes) is 10.